The van der Waals surface area contributed by atoms with Crippen molar-refractivity contribution in [3.8, 4) is 0 Å². The van der Waals surface area contributed by atoms with Crippen LogP contribution in [0.1, 0.15) is 5.56 Å². The average molecular weight is 243 g/mol. The molecular formula is C9H7F2N3OS. The molecule has 0 aliphatic carbocycles. The molecule has 0 spiro atoms. The van der Waals surface area contributed by atoms with Gasteiger partial charge >= 0.3 is 5.69 Å². The second kappa shape index (κ2) is 4.01. The van der Waals surface area contributed by atoms with Gasteiger partial charge in [0.15, 0.2) is 4.77 Å². The van der Waals surface area contributed by atoms with E-state index in [-0.39, 0.29) is 16.9 Å². The van der Waals surface area contributed by atoms with Crippen LogP contribution in [-0.4, -0.2) is 14.8 Å². The molecule has 0 amide bonds. The van der Waals surface area contributed by atoms with Gasteiger partial charge in [-0.15, -0.1) is 0 Å². The lowest BCUT2D eigenvalue weighted by Crippen LogP contribution is -2.18. The molecule has 4 nitrogen and oxygen atoms in total. The number of nitrogens with one attached hydrogen (secondary N) is 2. The summed E-state index contributed by atoms with van der Waals surface area (Å²) in [5, 5.41) is 4.67. The molecule has 2 aromatic rings. The molecule has 1 aromatic carbocycles. The Morgan fingerprint density at radius 1 is 1.31 bits per heavy atom. The summed E-state index contributed by atoms with van der Waals surface area (Å²) in [5.74, 6) is -1.14. The van der Waals surface area contributed by atoms with Gasteiger partial charge in [-0.05, 0) is 30.4 Å². The van der Waals surface area contributed by atoms with Gasteiger partial charge in [-0.25, -0.2) is 18.7 Å². The third-order valence-electron chi connectivity index (χ3n) is 2.10. The zero-order valence-electron chi connectivity index (χ0n) is 7.96. The predicted molar refractivity (Wildman–Crippen MR) is 55.7 cm³/mol. The minimum absolute atomic E-state index is 0.0706. The van der Waals surface area contributed by atoms with E-state index in [1.807, 2.05) is 0 Å². The smallest absolute Gasteiger partial charge is 0.272 e. The Morgan fingerprint density at radius 2 is 2.06 bits per heavy atom. The van der Waals surface area contributed by atoms with Gasteiger partial charge in [0.05, 0.1) is 6.54 Å². The Kier molecular flexibility index (Phi) is 2.69. The van der Waals surface area contributed by atoms with Crippen LogP contribution in [0.5, 0.6) is 0 Å². The van der Waals surface area contributed by atoms with Crippen molar-refractivity contribution in [1.29, 1.82) is 0 Å². The molecule has 7 heteroatoms. The number of aromatic nitrogens is 3. The van der Waals surface area contributed by atoms with E-state index in [1.54, 1.807) is 0 Å². The maximum absolute atomic E-state index is 13.3. The molecule has 0 saturated heterocycles. The van der Waals surface area contributed by atoms with E-state index in [4.69, 9.17) is 12.2 Å². The highest BCUT2D eigenvalue weighted by molar-refractivity contribution is 7.71. The third-order valence-corrected chi connectivity index (χ3v) is 2.43. The summed E-state index contributed by atoms with van der Waals surface area (Å²) in [5.41, 5.74) is -0.421. The third kappa shape index (κ3) is 1.94. The highest BCUT2D eigenvalue weighted by Crippen LogP contribution is 2.10. The normalized spacial score (nSPS) is 10.6. The van der Waals surface area contributed by atoms with Gasteiger partial charge < -0.3 is 0 Å². The molecule has 2 N–H and O–H groups in total. The maximum atomic E-state index is 13.3. The first-order valence-electron chi connectivity index (χ1n) is 4.39. The Balaban J connectivity index is 2.45. The summed E-state index contributed by atoms with van der Waals surface area (Å²) < 4.78 is 27.4. The molecule has 2 rings (SSSR count). The van der Waals surface area contributed by atoms with Gasteiger partial charge in [-0.3, -0.25) is 9.67 Å². The van der Waals surface area contributed by atoms with Crippen LogP contribution in [0.25, 0.3) is 0 Å². The maximum Gasteiger partial charge on any atom is 0.342 e. The van der Waals surface area contributed by atoms with E-state index >= 15 is 0 Å². The highest BCUT2D eigenvalue weighted by atomic mass is 32.1. The molecule has 0 aliphatic rings. The molecule has 1 aromatic heterocycles. The fourth-order valence-corrected chi connectivity index (χ4v) is 1.51. The summed E-state index contributed by atoms with van der Waals surface area (Å²) in [6, 6.07) is 3.05. The van der Waals surface area contributed by atoms with E-state index in [1.165, 1.54) is 0 Å². The minimum atomic E-state index is -0.580. The SMILES string of the molecule is O=c1[nH][nH]c(=S)n1Cc1cc(F)ccc1F. The number of benzene rings is 1. The Bertz CT molecular complexity index is 601. The topological polar surface area (TPSA) is 53.6 Å². The van der Waals surface area contributed by atoms with Gasteiger partial charge in [0.2, 0.25) is 0 Å². The Morgan fingerprint density at radius 3 is 2.69 bits per heavy atom. The number of nitrogens with zero attached hydrogens (tertiary/aromatic N) is 1. The molecular weight excluding hydrogens is 236 g/mol. The molecule has 0 radical (unpaired) electrons. The van der Waals surface area contributed by atoms with Crippen molar-refractivity contribution in [2.75, 3.05) is 0 Å². The summed E-state index contributed by atoms with van der Waals surface area (Å²) >= 11 is 4.81. The molecule has 0 aliphatic heterocycles. The molecule has 0 unspecified atom stereocenters. The Hall–Kier alpha value is -1.76. The van der Waals surface area contributed by atoms with Gasteiger partial charge in [0.1, 0.15) is 11.6 Å². The molecule has 0 saturated carbocycles. The number of halogens is 2. The van der Waals surface area contributed by atoms with Gasteiger partial charge in [-0.2, -0.15) is 0 Å². The average Bonchev–Trinajstić information content (AvgIpc) is 2.55. The lowest BCUT2D eigenvalue weighted by Gasteiger charge is -2.02. The van der Waals surface area contributed by atoms with Crippen LogP contribution in [0, 0.1) is 16.4 Å². The number of aromatic amines is 2. The van der Waals surface area contributed by atoms with Crippen LogP contribution in [0.3, 0.4) is 0 Å². The molecule has 0 atom stereocenters. The number of hydrogen-bond acceptors (Lipinski definition) is 2. The summed E-state index contributed by atoms with van der Waals surface area (Å²) in [6.07, 6.45) is 0. The quantitative estimate of drug-likeness (QED) is 0.786. The number of rotatable bonds is 2. The van der Waals surface area contributed by atoms with E-state index in [0.717, 1.165) is 22.8 Å². The monoisotopic (exact) mass is 243 g/mol. The van der Waals surface area contributed by atoms with Gasteiger partial charge in [-0.1, -0.05) is 0 Å². The van der Waals surface area contributed by atoms with Crippen LogP contribution in [0.15, 0.2) is 23.0 Å². The summed E-state index contributed by atoms with van der Waals surface area (Å²) in [4.78, 5) is 11.2. The molecule has 84 valence electrons. The van der Waals surface area contributed by atoms with Crippen molar-refractivity contribution in [2.45, 2.75) is 6.54 Å². The second-order valence-corrected chi connectivity index (χ2v) is 3.57. The van der Waals surface area contributed by atoms with Crippen molar-refractivity contribution in [3.05, 3.63) is 50.7 Å². The minimum Gasteiger partial charge on any atom is -0.272 e. The van der Waals surface area contributed by atoms with Crippen LogP contribution in [0.2, 0.25) is 0 Å². The van der Waals surface area contributed by atoms with E-state index < -0.39 is 17.3 Å². The van der Waals surface area contributed by atoms with Crippen molar-refractivity contribution in [3.63, 3.8) is 0 Å². The fourth-order valence-electron chi connectivity index (χ4n) is 1.31. The van der Waals surface area contributed by atoms with E-state index in [2.05, 4.69) is 10.2 Å². The van der Waals surface area contributed by atoms with Crippen LogP contribution < -0.4 is 5.69 Å². The standard InChI is InChI=1S/C9H7F2N3OS/c10-6-1-2-7(11)5(3-6)4-14-8(15)12-13-9(14)16/h1-3H,4H2,(H,12,15)(H,13,16). The summed E-state index contributed by atoms with van der Waals surface area (Å²) in [6.45, 7) is -0.110. The second-order valence-electron chi connectivity index (χ2n) is 3.18. The first-order chi connectivity index (χ1) is 7.58. The largest absolute Gasteiger partial charge is 0.342 e. The molecule has 16 heavy (non-hydrogen) atoms. The molecule has 1 heterocycles. The van der Waals surface area contributed by atoms with Crippen molar-refractivity contribution < 1.29 is 8.78 Å². The number of hydrogen-bond donors (Lipinski definition) is 2. The van der Waals surface area contributed by atoms with Crippen molar-refractivity contribution in [1.82, 2.24) is 14.8 Å². The summed E-state index contributed by atoms with van der Waals surface area (Å²) in [7, 11) is 0. The zero-order valence-corrected chi connectivity index (χ0v) is 8.78. The van der Waals surface area contributed by atoms with E-state index in [9.17, 15) is 13.6 Å². The van der Waals surface area contributed by atoms with E-state index in [0.29, 0.717) is 0 Å². The molecule has 0 bridgehead atoms. The van der Waals surface area contributed by atoms with Crippen LogP contribution in [-0.2, 0) is 6.54 Å². The predicted octanol–water partition coefficient (Wildman–Crippen LogP) is 1.56. The van der Waals surface area contributed by atoms with Crippen LogP contribution >= 0.6 is 12.2 Å². The zero-order chi connectivity index (χ0) is 11.7. The lowest BCUT2D eigenvalue weighted by molar-refractivity contribution is 0.574. The molecule has 0 fully saturated rings. The number of H-pyrrole nitrogens is 2. The van der Waals surface area contributed by atoms with Crippen molar-refractivity contribution in [2.24, 2.45) is 0 Å². The highest BCUT2D eigenvalue weighted by Gasteiger charge is 2.07. The van der Waals surface area contributed by atoms with Crippen LogP contribution in [0.4, 0.5) is 8.78 Å². The van der Waals surface area contributed by atoms with Gasteiger partial charge in [0, 0.05) is 5.56 Å². The van der Waals surface area contributed by atoms with Crippen molar-refractivity contribution >= 4 is 12.2 Å². The first kappa shape index (κ1) is 10.7. The van der Waals surface area contributed by atoms with Gasteiger partial charge in [0.25, 0.3) is 0 Å². The fraction of sp³-hybridized carbons (Fsp3) is 0.111. The Labute approximate surface area is 93.5 Å². The first-order valence-corrected chi connectivity index (χ1v) is 4.80. The lowest BCUT2D eigenvalue weighted by atomic mass is 10.2.